The minimum atomic E-state index is 0.395. The molecule has 0 atom stereocenters. The van der Waals surface area contributed by atoms with Crippen LogP contribution in [-0.2, 0) is 6.54 Å². The Balaban J connectivity index is 0.00000176. The highest BCUT2D eigenvalue weighted by atomic mass is 35.5. The highest BCUT2D eigenvalue weighted by Gasteiger charge is 2.16. The molecule has 0 saturated carbocycles. The number of aromatic nitrogens is 4. The smallest absolute Gasteiger partial charge is 0.175 e. The van der Waals surface area contributed by atoms with Crippen LogP contribution in [0.5, 0.6) is 0 Å². The van der Waals surface area contributed by atoms with Crippen LogP contribution in [0, 0.1) is 0 Å². The Bertz CT molecular complexity index is 1050. The van der Waals surface area contributed by atoms with Crippen molar-refractivity contribution >= 4 is 57.0 Å². The van der Waals surface area contributed by atoms with Gasteiger partial charge in [-0.1, -0.05) is 57.1 Å². The predicted molar refractivity (Wildman–Crippen MR) is 142 cm³/mol. The first-order chi connectivity index (χ1) is 15.4. The molecule has 0 bridgehead atoms. The van der Waals surface area contributed by atoms with Crippen molar-refractivity contribution in [3.05, 3.63) is 41.2 Å². The maximum absolute atomic E-state index is 6.42. The van der Waals surface area contributed by atoms with Gasteiger partial charge in [-0.2, -0.15) is 0 Å². The van der Waals surface area contributed by atoms with E-state index in [1.54, 1.807) is 23.5 Å². The molecule has 1 aromatic carbocycles. The molecule has 0 aliphatic rings. The van der Waals surface area contributed by atoms with Crippen LogP contribution in [0.1, 0.15) is 46.6 Å². The third-order valence-corrected chi connectivity index (χ3v) is 6.58. The molecule has 2 heterocycles. The molecule has 0 fully saturated rings. The molecule has 0 unspecified atom stereocenters. The molecule has 0 aliphatic heterocycles. The fourth-order valence-corrected chi connectivity index (χ4v) is 5.01. The molecule has 0 spiro atoms. The van der Waals surface area contributed by atoms with E-state index >= 15 is 0 Å². The molecule has 3 N–H and O–H groups in total. The van der Waals surface area contributed by atoms with Gasteiger partial charge in [0.2, 0.25) is 0 Å². The summed E-state index contributed by atoms with van der Waals surface area (Å²) in [5.41, 5.74) is 8.57. The fraction of sp³-hybridized carbons (Fsp3) is 0.435. The number of hydrogen-bond donors (Lipinski definition) is 2. The number of nitrogens with two attached hydrogens (primary N) is 1. The van der Waals surface area contributed by atoms with E-state index in [-0.39, 0.29) is 0 Å². The summed E-state index contributed by atoms with van der Waals surface area (Å²) in [7, 11) is 0. The number of thioether (sulfide) groups is 1. The molecule has 32 heavy (non-hydrogen) atoms. The Kier molecular flexibility index (Phi) is 10.8. The predicted octanol–water partition coefficient (Wildman–Crippen LogP) is 6.35. The van der Waals surface area contributed by atoms with Gasteiger partial charge < -0.3 is 15.6 Å². The van der Waals surface area contributed by atoms with Crippen LogP contribution in [0.25, 0.3) is 16.1 Å². The lowest BCUT2D eigenvalue weighted by Crippen LogP contribution is -2.24. The largest absolute Gasteiger partial charge is 0.382 e. The number of halogens is 1. The second-order valence-electron chi connectivity index (χ2n) is 7.07. The van der Waals surface area contributed by atoms with Gasteiger partial charge >= 0.3 is 0 Å². The molecule has 174 valence electrons. The lowest BCUT2D eigenvalue weighted by molar-refractivity contribution is 0.525. The number of aryl methyl sites for hydroxylation is 1. The maximum atomic E-state index is 6.42. The van der Waals surface area contributed by atoms with E-state index in [4.69, 9.17) is 22.3 Å². The first-order valence-electron chi connectivity index (χ1n) is 10.8. The van der Waals surface area contributed by atoms with E-state index in [9.17, 15) is 0 Å². The van der Waals surface area contributed by atoms with E-state index < -0.39 is 0 Å². The maximum Gasteiger partial charge on any atom is 0.175 e. The van der Waals surface area contributed by atoms with Crippen molar-refractivity contribution in [2.45, 2.75) is 63.7 Å². The Morgan fingerprint density at radius 1 is 1.25 bits per heavy atom. The van der Waals surface area contributed by atoms with Gasteiger partial charge in [0.1, 0.15) is 6.33 Å². The SMILES string of the molecule is C/C=C(\SC)c1cc(Cl)cc(Sc2nc3c(N)ncnc3n2CCCNC(C)C)c1.CC. The Hall–Kier alpha value is -1.74. The van der Waals surface area contributed by atoms with E-state index in [0.29, 0.717) is 22.4 Å². The molecule has 3 rings (SSSR count). The third-order valence-electron chi connectivity index (χ3n) is 4.48. The van der Waals surface area contributed by atoms with Gasteiger partial charge in [-0.25, -0.2) is 15.0 Å². The average Bonchev–Trinajstić information content (AvgIpc) is 3.11. The first kappa shape index (κ1) is 26.5. The fourth-order valence-electron chi connectivity index (χ4n) is 3.11. The number of allylic oxidation sites excluding steroid dienone is 1. The molecular formula is C23H33ClN6S2. The van der Waals surface area contributed by atoms with Crippen LogP contribution in [0.2, 0.25) is 5.02 Å². The van der Waals surface area contributed by atoms with E-state index in [1.807, 2.05) is 32.9 Å². The molecule has 3 aromatic rings. The summed E-state index contributed by atoms with van der Waals surface area (Å²) in [4.78, 5) is 15.5. The van der Waals surface area contributed by atoms with Crippen molar-refractivity contribution < 1.29 is 0 Å². The number of nitrogens with one attached hydrogen (secondary N) is 1. The van der Waals surface area contributed by atoms with Crippen LogP contribution in [0.3, 0.4) is 0 Å². The molecular weight excluding hydrogens is 460 g/mol. The van der Waals surface area contributed by atoms with Crippen molar-refractivity contribution in [2.24, 2.45) is 0 Å². The van der Waals surface area contributed by atoms with Crippen LogP contribution in [0.4, 0.5) is 5.82 Å². The first-order valence-corrected chi connectivity index (χ1v) is 13.2. The lowest BCUT2D eigenvalue weighted by Gasteiger charge is -2.12. The summed E-state index contributed by atoms with van der Waals surface area (Å²) in [5.74, 6) is 0.395. The number of rotatable bonds is 9. The van der Waals surface area contributed by atoms with E-state index in [0.717, 1.165) is 40.8 Å². The third kappa shape index (κ3) is 6.88. The highest BCUT2D eigenvalue weighted by molar-refractivity contribution is 8.07. The minimum absolute atomic E-state index is 0.395. The lowest BCUT2D eigenvalue weighted by atomic mass is 10.2. The average molecular weight is 493 g/mol. The number of nitrogens with zero attached hydrogens (tertiary/aromatic N) is 4. The number of nitrogen functional groups attached to an aromatic ring is 1. The summed E-state index contributed by atoms with van der Waals surface area (Å²) in [6, 6.07) is 6.55. The second kappa shape index (κ2) is 13.1. The number of anilines is 1. The Labute approximate surface area is 204 Å². The molecule has 0 aliphatic carbocycles. The Morgan fingerprint density at radius 3 is 2.66 bits per heavy atom. The van der Waals surface area contributed by atoms with E-state index in [1.165, 1.54) is 11.2 Å². The summed E-state index contributed by atoms with van der Waals surface area (Å²) < 4.78 is 2.12. The quantitative estimate of drug-likeness (QED) is 0.336. The minimum Gasteiger partial charge on any atom is -0.382 e. The molecule has 2 aromatic heterocycles. The summed E-state index contributed by atoms with van der Waals surface area (Å²) in [6.45, 7) is 12.0. The van der Waals surface area contributed by atoms with Crippen LogP contribution >= 0.6 is 35.1 Å². The second-order valence-corrected chi connectivity index (χ2v) is 9.40. The highest BCUT2D eigenvalue weighted by Crippen LogP contribution is 2.36. The Morgan fingerprint density at radius 2 is 2.00 bits per heavy atom. The van der Waals surface area contributed by atoms with Gasteiger partial charge in [-0.05, 0) is 49.9 Å². The zero-order chi connectivity index (χ0) is 23.7. The number of imidazole rings is 1. The van der Waals surface area contributed by atoms with Gasteiger partial charge in [0.15, 0.2) is 22.1 Å². The summed E-state index contributed by atoms with van der Waals surface area (Å²) >= 11 is 9.69. The van der Waals surface area contributed by atoms with Gasteiger partial charge in [-0.3, -0.25) is 0 Å². The van der Waals surface area contributed by atoms with Gasteiger partial charge in [-0.15, -0.1) is 11.8 Å². The van der Waals surface area contributed by atoms with Crippen LogP contribution < -0.4 is 11.1 Å². The standard InChI is InChI=1S/C21H27ClN6S2.C2H6/c1-5-17(29-4)14-9-15(22)11-16(10-14)30-21-27-18-19(23)25-12-26-20(18)28(21)8-6-7-24-13(2)3;1-2/h5,9-13,24H,6-8H2,1-4H3,(H2,23,25,26);1-2H3/b17-5-;. The van der Waals surface area contributed by atoms with Gasteiger partial charge in [0.05, 0.1) is 0 Å². The number of benzene rings is 1. The van der Waals surface area contributed by atoms with Gasteiger partial charge in [0.25, 0.3) is 0 Å². The van der Waals surface area contributed by atoms with Crippen molar-refractivity contribution in [2.75, 3.05) is 18.5 Å². The van der Waals surface area contributed by atoms with Crippen LogP contribution in [0.15, 0.2) is 40.7 Å². The van der Waals surface area contributed by atoms with E-state index in [2.05, 4.69) is 52.1 Å². The van der Waals surface area contributed by atoms with Crippen molar-refractivity contribution in [1.29, 1.82) is 0 Å². The molecule has 9 heteroatoms. The molecule has 0 saturated heterocycles. The normalized spacial score (nSPS) is 11.7. The van der Waals surface area contributed by atoms with Crippen LogP contribution in [-0.4, -0.2) is 38.4 Å². The monoisotopic (exact) mass is 492 g/mol. The zero-order valence-corrected chi connectivity index (χ0v) is 22.0. The van der Waals surface area contributed by atoms with Gasteiger partial charge in [0, 0.05) is 27.4 Å². The van der Waals surface area contributed by atoms with Crippen molar-refractivity contribution in [3.63, 3.8) is 0 Å². The van der Waals surface area contributed by atoms with Crippen molar-refractivity contribution in [1.82, 2.24) is 24.8 Å². The molecule has 0 amide bonds. The number of hydrogen-bond acceptors (Lipinski definition) is 7. The summed E-state index contributed by atoms with van der Waals surface area (Å²) in [5, 5.41) is 4.99. The zero-order valence-electron chi connectivity index (χ0n) is 19.6. The van der Waals surface area contributed by atoms with Crippen molar-refractivity contribution in [3.8, 4) is 0 Å². The number of fused-ring (bicyclic) bond motifs is 1. The topological polar surface area (TPSA) is 81.7 Å². The molecule has 0 radical (unpaired) electrons. The molecule has 6 nitrogen and oxygen atoms in total. The summed E-state index contributed by atoms with van der Waals surface area (Å²) in [6.07, 6.45) is 6.61.